The number of hydrogen-bond acceptors (Lipinski definition) is 3. The highest BCUT2D eigenvalue weighted by Crippen LogP contribution is 2.34. The Morgan fingerprint density at radius 2 is 1.22 bits per heavy atom. The molecule has 2 aromatic rings. The molecule has 0 saturated carbocycles. The van der Waals surface area contributed by atoms with Gasteiger partial charge in [-0.1, -0.05) is 30.3 Å². The van der Waals surface area contributed by atoms with Gasteiger partial charge in [0.1, 0.15) is 11.4 Å². The Balaban J connectivity index is 2.04. The van der Waals surface area contributed by atoms with Gasteiger partial charge in [0.2, 0.25) is 5.78 Å². The molecule has 0 fully saturated rings. The highest BCUT2D eigenvalue weighted by molar-refractivity contribution is 6.76. The van der Waals surface area contributed by atoms with E-state index in [1.807, 2.05) is 42.5 Å². The van der Waals surface area contributed by atoms with Crippen LogP contribution in [0.15, 0.2) is 58.5 Å². The Bertz CT molecular complexity index is 757. The molecule has 0 radical (unpaired) electrons. The number of nitrogens with zero attached hydrogens (tertiary/aromatic N) is 2. The Morgan fingerprint density at radius 1 is 0.667 bits per heavy atom. The number of aliphatic imine (C=N–C) groups is 2. The number of para-hydroxylation sites is 2. The first-order chi connectivity index (χ1) is 8.84. The first-order valence-electron chi connectivity index (χ1n) is 5.75. The van der Waals surface area contributed by atoms with E-state index in [1.165, 1.54) is 0 Å². The third-order valence-corrected chi connectivity index (χ3v) is 3.21. The Hall–Kier alpha value is -2.55. The molecule has 4 rings (SSSR count). The van der Waals surface area contributed by atoms with Gasteiger partial charge < -0.3 is 0 Å². The fraction of sp³-hybridized carbons (Fsp3) is 0. The topological polar surface area (TPSA) is 41.8 Å². The monoisotopic (exact) mass is 232 g/mol. The summed E-state index contributed by atoms with van der Waals surface area (Å²) >= 11 is 0. The van der Waals surface area contributed by atoms with E-state index in [4.69, 9.17) is 0 Å². The minimum Gasteiger partial charge on any atom is -0.287 e. The van der Waals surface area contributed by atoms with Crippen LogP contribution < -0.4 is 0 Å². The SMILES string of the molecule is O=C1C2=Nc3ccccc3C2=Nc2ccccc21. The summed E-state index contributed by atoms with van der Waals surface area (Å²) in [7, 11) is 0. The molecule has 84 valence electrons. The van der Waals surface area contributed by atoms with Crippen LogP contribution in [-0.4, -0.2) is 17.2 Å². The lowest BCUT2D eigenvalue weighted by Crippen LogP contribution is -2.25. The smallest absolute Gasteiger partial charge is 0.215 e. The molecule has 2 aromatic carbocycles. The van der Waals surface area contributed by atoms with E-state index in [0.717, 1.165) is 16.9 Å². The molecule has 0 bridgehead atoms. The van der Waals surface area contributed by atoms with Gasteiger partial charge in [-0.2, -0.15) is 0 Å². The Kier molecular flexibility index (Phi) is 1.70. The molecule has 3 heteroatoms. The van der Waals surface area contributed by atoms with Crippen molar-refractivity contribution < 1.29 is 4.79 Å². The molecule has 0 saturated heterocycles. The van der Waals surface area contributed by atoms with Gasteiger partial charge in [0.25, 0.3) is 0 Å². The van der Waals surface area contributed by atoms with Crippen molar-refractivity contribution in [3.8, 4) is 0 Å². The summed E-state index contributed by atoms with van der Waals surface area (Å²) in [5.41, 5.74) is 4.30. The summed E-state index contributed by atoms with van der Waals surface area (Å²) < 4.78 is 0. The summed E-state index contributed by atoms with van der Waals surface area (Å²) in [6.45, 7) is 0. The zero-order valence-corrected chi connectivity index (χ0v) is 9.42. The maximum Gasteiger partial charge on any atom is 0.215 e. The molecular weight excluding hydrogens is 224 g/mol. The molecule has 0 atom stereocenters. The van der Waals surface area contributed by atoms with Crippen molar-refractivity contribution in [1.29, 1.82) is 0 Å². The van der Waals surface area contributed by atoms with E-state index < -0.39 is 0 Å². The normalized spacial score (nSPS) is 15.4. The van der Waals surface area contributed by atoms with Gasteiger partial charge in [-0.25, -0.2) is 9.98 Å². The van der Waals surface area contributed by atoms with Crippen LogP contribution in [0, 0.1) is 0 Å². The second-order valence-electron chi connectivity index (χ2n) is 4.28. The largest absolute Gasteiger partial charge is 0.287 e. The lowest BCUT2D eigenvalue weighted by molar-refractivity contribution is 0.106. The summed E-state index contributed by atoms with van der Waals surface area (Å²) in [5, 5.41) is 0. The number of fused-ring (bicyclic) bond motifs is 4. The van der Waals surface area contributed by atoms with E-state index in [0.29, 0.717) is 17.0 Å². The van der Waals surface area contributed by atoms with Crippen LogP contribution in [-0.2, 0) is 0 Å². The third-order valence-electron chi connectivity index (χ3n) is 3.21. The Morgan fingerprint density at radius 3 is 2.00 bits per heavy atom. The van der Waals surface area contributed by atoms with Crippen LogP contribution in [0.1, 0.15) is 15.9 Å². The molecule has 0 unspecified atom stereocenters. The van der Waals surface area contributed by atoms with E-state index >= 15 is 0 Å². The van der Waals surface area contributed by atoms with Crippen molar-refractivity contribution in [1.82, 2.24) is 0 Å². The van der Waals surface area contributed by atoms with Crippen molar-refractivity contribution in [2.75, 3.05) is 0 Å². The minimum atomic E-state index is -0.0354. The van der Waals surface area contributed by atoms with Crippen LogP contribution in [0.5, 0.6) is 0 Å². The Labute approximate surface area is 104 Å². The van der Waals surface area contributed by atoms with Crippen LogP contribution in [0.3, 0.4) is 0 Å². The standard InChI is InChI=1S/C15H8N2O/c18-15-10-6-2-4-8-12(10)16-13-9-5-1-3-7-11(9)17-14(13)15/h1-8H. The van der Waals surface area contributed by atoms with E-state index in [2.05, 4.69) is 9.98 Å². The second-order valence-corrected chi connectivity index (χ2v) is 4.28. The molecule has 0 amide bonds. The van der Waals surface area contributed by atoms with Gasteiger partial charge >= 0.3 is 0 Å². The fourth-order valence-corrected chi connectivity index (χ4v) is 2.35. The van der Waals surface area contributed by atoms with Gasteiger partial charge in [0.05, 0.1) is 11.4 Å². The summed E-state index contributed by atoms with van der Waals surface area (Å²) in [6.07, 6.45) is 0. The van der Waals surface area contributed by atoms with E-state index in [-0.39, 0.29) is 5.78 Å². The molecule has 0 aliphatic carbocycles. The number of ketones is 1. The molecule has 0 spiro atoms. The van der Waals surface area contributed by atoms with Crippen LogP contribution in [0.25, 0.3) is 0 Å². The minimum absolute atomic E-state index is 0.0354. The third kappa shape index (κ3) is 1.10. The van der Waals surface area contributed by atoms with Gasteiger partial charge in [0.15, 0.2) is 0 Å². The molecule has 2 heterocycles. The molecule has 18 heavy (non-hydrogen) atoms. The van der Waals surface area contributed by atoms with Crippen LogP contribution in [0.2, 0.25) is 0 Å². The van der Waals surface area contributed by atoms with Gasteiger partial charge in [-0.15, -0.1) is 0 Å². The quantitative estimate of drug-likeness (QED) is 0.688. The maximum atomic E-state index is 12.4. The number of carbonyl (C=O) groups is 1. The maximum absolute atomic E-state index is 12.4. The van der Waals surface area contributed by atoms with Crippen molar-refractivity contribution >= 4 is 28.6 Å². The van der Waals surface area contributed by atoms with Crippen LogP contribution in [0.4, 0.5) is 11.4 Å². The first-order valence-corrected chi connectivity index (χ1v) is 5.75. The zero-order valence-electron chi connectivity index (χ0n) is 9.42. The summed E-state index contributed by atoms with van der Waals surface area (Å²) in [4.78, 5) is 21.3. The average molecular weight is 232 g/mol. The van der Waals surface area contributed by atoms with Gasteiger partial charge in [-0.3, -0.25) is 4.79 Å². The lowest BCUT2D eigenvalue weighted by atomic mass is 9.96. The van der Waals surface area contributed by atoms with Crippen molar-refractivity contribution in [2.24, 2.45) is 9.98 Å². The van der Waals surface area contributed by atoms with Crippen molar-refractivity contribution in [3.63, 3.8) is 0 Å². The van der Waals surface area contributed by atoms with Crippen molar-refractivity contribution in [3.05, 3.63) is 59.7 Å². The number of rotatable bonds is 0. The zero-order chi connectivity index (χ0) is 12.1. The molecule has 2 aliphatic rings. The average Bonchev–Trinajstić information content (AvgIpc) is 2.79. The van der Waals surface area contributed by atoms with Gasteiger partial charge in [0, 0.05) is 11.1 Å². The molecule has 2 aliphatic heterocycles. The fourth-order valence-electron chi connectivity index (χ4n) is 2.35. The molecule has 0 aromatic heterocycles. The molecule has 0 N–H and O–H groups in total. The highest BCUT2D eigenvalue weighted by atomic mass is 16.1. The first kappa shape index (κ1) is 9.48. The number of carbonyl (C=O) groups excluding carboxylic acids is 1. The highest BCUT2D eigenvalue weighted by Gasteiger charge is 2.32. The van der Waals surface area contributed by atoms with Crippen LogP contribution >= 0.6 is 0 Å². The second kappa shape index (κ2) is 3.23. The number of benzene rings is 2. The van der Waals surface area contributed by atoms with E-state index in [1.54, 1.807) is 6.07 Å². The molecular formula is C15H8N2O. The van der Waals surface area contributed by atoms with E-state index in [9.17, 15) is 4.79 Å². The summed E-state index contributed by atoms with van der Waals surface area (Å²) in [6, 6.07) is 15.1. The lowest BCUT2D eigenvalue weighted by Gasteiger charge is -2.12. The molecule has 3 nitrogen and oxygen atoms in total. The number of hydrogen-bond donors (Lipinski definition) is 0. The summed E-state index contributed by atoms with van der Waals surface area (Å²) in [5.74, 6) is -0.0354. The predicted octanol–water partition coefficient (Wildman–Crippen LogP) is 3.09. The van der Waals surface area contributed by atoms with Gasteiger partial charge in [-0.05, 0) is 18.2 Å². The predicted molar refractivity (Wildman–Crippen MR) is 70.5 cm³/mol. The number of Topliss-reactive ketones (excluding diaryl/α,β-unsaturated/α-hetero) is 1. The van der Waals surface area contributed by atoms with Crippen molar-refractivity contribution in [2.45, 2.75) is 0 Å².